The third-order valence-electron chi connectivity index (χ3n) is 2.70. The first-order valence-electron chi connectivity index (χ1n) is 5.86. The molecule has 2 N–H and O–H groups in total. The zero-order chi connectivity index (χ0) is 14.5. The van der Waals surface area contributed by atoms with Crippen molar-refractivity contribution in [2.75, 3.05) is 7.11 Å². The van der Waals surface area contributed by atoms with Crippen molar-refractivity contribution in [1.82, 2.24) is 10.6 Å². The molecule has 0 fully saturated rings. The molecule has 1 aromatic rings. The van der Waals surface area contributed by atoms with Crippen LogP contribution < -0.4 is 15.4 Å². The van der Waals surface area contributed by atoms with Crippen LogP contribution in [0.3, 0.4) is 0 Å². The maximum atomic E-state index is 11.6. The lowest BCUT2D eigenvalue weighted by Gasteiger charge is -2.22. The summed E-state index contributed by atoms with van der Waals surface area (Å²) in [5.41, 5.74) is 0.871. The first-order chi connectivity index (χ1) is 9.63. The van der Waals surface area contributed by atoms with Gasteiger partial charge in [0.25, 0.3) is 5.91 Å². The summed E-state index contributed by atoms with van der Waals surface area (Å²) in [5, 5.41) is 14.4. The molecule has 0 radical (unpaired) electrons. The second kappa shape index (κ2) is 6.17. The van der Waals surface area contributed by atoms with Crippen molar-refractivity contribution in [1.29, 1.82) is 5.26 Å². The van der Waals surface area contributed by atoms with E-state index in [9.17, 15) is 4.79 Å². The van der Waals surface area contributed by atoms with Gasteiger partial charge in [-0.1, -0.05) is 18.2 Å². The van der Waals surface area contributed by atoms with Gasteiger partial charge in [-0.05, 0) is 23.8 Å². The fourth-order valence-electron chi connectivity index (χ4n) is 1.74. The number of nitrogens with one attached hydrogen (secondary N) is 2. The first-order valence-corrected chi connectivity index (χ1v) is 6.37. The van der Waals surface area contributed by atoms with Crippen LogP contribution >= 0.6 is 12.6 Å². The van der Waals surface area contributed by atoms with E-state index in [1.54, 1.807) is 19.3 Å². The predicted molar refractivity (Wildman–Crippen MR) is 78.7 cm³/mol. The zero-order valence-electron chi connectivity index (χ0n) is 10.8. The quantitative estimate of drug-likeness (QED) is 0.735. The lowest BCUT2D eigenvalue weighted by atomic mass is 10.1. The standard InChI is InChI=1S/C14H13N3O2S/c1-19-10-4-2-3-9(7-10)5-6-12-11(8-15)13(18)17-14(20)16-12/h2-7,14,16,20H,1H3,(H,17,18)/b6-5+. The minimum atomic E-state index is -0.510. The molecule has 0 saturated carbocycles. The van der Waals surface area contributed by atoms with E-state index in [4.69, 9.17) is 10.00 Å². The number of benzene rings is 1. The molecule has 1 aliphatic heterocycles. The molecule has 1 aromatic carbocycles. The lowest BCUT2D eigenvalue weighted by Crippen LogP contribution is -2.46. The van der Waals surface area contributed by atoms with Gasteiger partial charge >= 0.3 is 0 Å². The van der Waals surface area contributed by atoms with Crippen LogP contribution in [-0.2, 0) is 4.79 Å². The Morgan fingerprint density at radius 3 is 2.90 bits per heavy atom. The highest BCUT2D eigenvalue weighted by Gasteiger charge is 2.22. The Labute approximate surface area is 122 Å². The Balaban J connectivity index is 2.29. The number of carbonyl (C=O) groups is 1. The molecule has 0 saturated heterocycles. The van der Waals surface area contributed by atoms with E-state index in [-0.39, 0.29) is 5.57 Å². The molecule has 20 heavy (non-hydrogen) atoms. The predicted octanol–water partition coefficient (Wildman–Crippen LogP) is 1.42. The summed E-state index contributed by atoms with van der Waals surface area (Å²) in [6.07, 6.45) is 3.47. The smallest absolute Gasteiger partial charge is 0.266 e. The minimum absolute atomic E-state index is 0.0365. The maximum absolute atomic E-state index is 11.6. The van der Waals surface area contributed by atoms with Crippen molar-refractivity contribution in [3.63, 3.8) is 0 Å². The number of amides is 1. The first kappa shape index (κ1) is 14.0. The highest BCUT2D eigenvalue weighted by Crippen LogP contribution is 2.16. The molecule has 0 aliphatic carbocycles. The number of nitrogens with zero attached hydrogens (tertiary/aromatic N) is 1. The molecule has 102 valence electrons. The number of hydrogen-bond donors (Lipinski definition) is 3. The molecule has 1 unspecified atom stereocenters. The number of thiol groups is 1. The molecule has 0 bridgehead atoms. The molecule has 0 spiro atoms. The molecule has 6 heteroatoms. The third-order valence-corrected chi connectivity index (χ3v) is 2.96. The molecular formula is C14H13N3O2S. The van der Waals surface area contributed by atoms with E-state index in [1.807, 2.05) is 30.3 Å². The van der Waals surface area contributed by atoms with Crippen LogP contribution in [0.5, 0.6) is 5.75 Å². The van der Waals surface area contributed by atoms with E-state index >= 15 is 0 Å². The SMILES string of the molecule is COc1cccc(/C=C/C2=C(C#N)C(=O)NC(S)N2)c1. The van der Waals surface area contributed by atoms with E-state index in [0.29, 0.717) is 5.70 Å². The third kappa shape index (κ3) is 3.13. The normalized spacial score (nSPS) is 18.4. The Hall–Kier alpha value is -2.39. The number of methoxy groups -OCH3 is 1. The second-order valence-electron chi connectivity index (χ2n) is 4.03. The number of carbonyl (C=O) groups excluding carboxylic acids is 1. The van der Waals surface area contributed by atoms with Gasteiger partial charge in [0, 0.05) is 0 Å². The number of rotatable bonds is 3. The van der Waals surface area contributed by atoms with Crippen LogP contribution in [0.15, 0.2) is 41.6 Å². The van der Waals surface area contributed by atoms with Crippen LogP contribution in [0.2, 0.25) is 0 Å². The Morgan fingerprint density at radius 1 is 1.40 bits per heavy atom. The summed E-state index contributed by atoms with van der Waals surface area (Å²) >= 11 is 4.13. The molecule has 2 rings (SSSR count). The van der Waals surface area contributed by atoms with Gasteiger partial charge in [-0.25, -0.2) is 0 Å². The summed E-state index contributed by atoms with van der Waals surface area (Å²) in [6, 6.07) is 9.33. The van der Waals surface area contributed by atoms with E-state index in [1.165, 1.54) is 0 Å². The van der Waals surface area contributed by atoms with Crippen molar-refractivity contribution in [2.45, 2.75) is 5.50 Å². The molecule has 1 atom stereocenters. The summed E-state index contributed by atoms with van der Waals surface area (Å²) in [4.78, 5) is 11.6. The zero-order valence-corrected chi connectivity index (χ0v) is 11.6. The second-order valence-corrected chi connectivity index (χ2v) is 4.55. The Bertz CT molecular complexity index is 632. The van der Waals surface area contributed by atoms with Gasteiger partial charge in [0.05, 0.1) is 12.8 Å². The summed E-state index contributed by atoms with van der Waals surface area (Å²) in [6.45, 7) is 0. The van der Waals surface area contributed by atoms with Crippen LogP contribution in [0.25, 0.3) is 6.08 Å². The lowest BCUT2D eigenvalue weighted by molar-refractivity contribution is -0.117. The van der Waals surface area contributed by atoms with Gasteiger partial charge in [-0.2, -0.15) is 5.26 Å². The monoisotopic (exact) mass is 287 g/mol. The fourth-order valence-corrected chi connectivity index (χ4v) is 2.00. The van der Waals surface area contributed by atoms with Crippen LogP contribution in [0, 0.1) is 11.3 Å². The average Bonchev–Trinajstić information content (AvgIpc) is 2.45. The number of hydrogen-bond acceptors (Lipinski definition) is 5. The van der Waals surface area contributed by atoms with Gasteiger partial charge < -0.3 is 15.4 Å². The molecule has 1 heterocycles. The van der Waals surface area contributed by atoms with Gasteiger partial charge in [-0.3, -0.25) is 4.79 Å². The van der Waals surface area contributed by atoms with Crippen LogP contribution in [0.1, 0.15) is 5.56 Å². The van der Waals surface area contributed by atoms with E-state index in [2.05, 4.69) is 23.3 Å². The van der Waals surface area contributed by atoms with Crippen molar-refractivity contribution in [3.05, 3.63) is 47.2 Å². The van der Waals surface area contributed by atoms with E-state index < -0.39 is 11.4 Å². The molecule has 1 aliphatic rings. The van der Waals surface area contributed by atoms with Crippen molar-refractivity contribution < 1.29 is 9.53 Å². The Morgan fingerprint density at radius 2 is 2.20 bits per heavy atom. The number of allylic oxidation sites excluding steroid dienone is 1. The number of ether oxygens (including phenoxy) is 1. The van der Waals surface area contributed by atoms with Gasteiger partial charge in [0.2, 0.25) is 0 Å². The van der Waals surface area contributed by atoms with Crippen molar-refractivity contribution in [3.8, 4) is 11.8 Å². The minimum Gasteiger partial charge on any atom is -0.497 e. The molecular weight excluding hydrogens is 274 g/mol. The molecule has 5 nitrogen and oxygen atoms in total. The fraction of sp³-hybridized carbons (Fsp3) is 0.143. The summed E-state index contributed by atoms with van der Waals surface area (Å²) in [7, 11) is 1.59. The van der Waals surface area contributed by atoms with Crippen LogP contribution in [-0.4, -0.2) is 18.5 Å². The summed E-state index contributed by atoms with van der Waals surface area (Å²) in [5.74, 6) is 0.305. The van der Waals surface area contributed by atoms with Crippen molar-refractivity contribution >= 4 is 24.6 Å². The molecule has 1 amide bonds. The number of nitriles is 1. The Kier molecular flexibility index (Phi) is 4.33. The highest BCUT2D eigenvalue weighted by atomic mass is 32.1. The van der Waals surface area contributed by atoms with Crippen molar-refractivity contribution in [2.24, 2.45) is 0 Å². The highest BCUT2D eigenvalue weighted by molar-refractivity contribution is 7.80. The largest absolute Gasteiger partial charge is 0.497 e. The van der Waals surface area contributed by atoms with Gasteiger partial charge in [0.15, 0.2) is 0 Å². The average molecular weight is 287 g/mol. The maximum Gasteiger partial charge on any atom is 0.266 e. The van der Waals surface area contributed by atoms with Crippen LogP contribution in [0.4, 0.5) is 0 Å². The molecule has 0 aromatic heterocycles. The van der Waals surface area contributed by atoms with E-state index in [0.717, 1.165) is 11.3 Å². The van der Waals surface area contributed by atoms with Gasteiger partial charge in [-0.15, -0.1) is 12.6 Å². The van der Waals surface area contributed by atoms with Gasteiger partial charge in [0.1, 0.15) is 22.9 Å². The summed E-state index contributed by atoms with van der Waals surface area (Å²) < 4.78 is 5.13. The topological polar surface area (TPSA) is 74.1 Å².